The fraction of sp³-hybridized carbons (Fsp3) is 0.533. The summed E-state index contributed by atoms with van der Waals surface area (Å²) in [5.41, 5.74) is 0.769. The zero-order chi connectivity index (χ0) is 16.0. The van der Waals surface area contributed by atoms with Crippen LogP contribution in [0.4, 0.5) is 0 Å². The molecule has 0 radical (unpaired) electrons. The smallest absolute Gasteiger partial charge is 0.223 e. The number of amides is 1. The lowest BCUT2D eigenvalue weighted by molar-refractivity contribution is -0.126. The lowest BCUT2D eigenvalue weighted by atomic mass is 9.97. The normalized spacial score (nSPS) is 17.3. The molecule has 0 atom stereocenters. The summed E-state index contributed by atoms with van der Waals surface area (Å²) in [5.74, 6) is -0.279. The lowest BCUT2D eigenvalue weighted by Crippen LogP contribution is -2.43. The van der Waals surface area contributed by atoms with Gasteiger partial charge in [0.25, 0.3) is 0 Å². The van der Waals surface area contributed by atoms with Gasteiger partial charge in [0, 0.05) is 25.6 Å². The van der Waals surface area contributed by atoms with Crippen molar-refractivity contribution >= 4 is 15.9 Å². The molecule has 6 nitrogen and oxygen atoms in total. The summed E-state index contributed by atoms with van der Waals surface area (Å²) in [6.07, 6.45) is 1.04. The molecule has 1 saturated heterocycles. The third-order valence-electron chi connectivity index (χ3n) is 3.82. The predicted molar refractivity (Wildman–Crippen MR) is 83.5 cm³/mol. The Morgan fingerprint density at radius 3 is 2.45 bits per heavy atom. The van der Waals surface area contributed by atoms with Gasteiger partial charge in [-0.2, -0.15) is 0 Å². The Morgan fingerprint density at radius 1 is 1.23 bits per heavy atom. The second-order valence-corrected chi connectivity index (χ2v) is 7.40. The van der Waals surface area contributed by atoms with E-state index >= 15 is 0 Å². The highest BCUT2D eigenvalue weighted by molar-refractivity contribution is 7.88. The highest BCUT2D eigenvalue weighted by Gasteiger charge is 2.30. The van der Waals surface area contributed by atoms with Gasteiger partial charge in [-0.1, -0.05) is 30.3 Å². The van der Waals surface area contributed by atoms with Crippen LogP contribution in [0, 0.1) is 5.92 Å². The van der Waals surface area contributed by atoms with Crippen LogP contribution in [-0.4, -0.2) is 50.0 Å². The van der Waals surface area contributed by atoms with Crippen LogP contribution in [0.2, 0.25) is 0 Å². The number of rotatable bonds is 6. The molecule has 2 rings (SSSR count). The number of aliphatic hydroxyl groups excluding tert-OH is 1. The first kappa shape index (κ1) is 16.9. The van der Waals surface area contributed by atoms with E-state index in [1.165, 1.54) is 4.31 Å². The van der Waals surface area contributed by atoms with Gasteiger partial charge in [0.05, 0.1) is 12.4 Å². The first-order chi connectivity index (χ1) is 10.5. The van der Waals surface area contributed by atoms with Gasteiger partial charge < -0.3 is 10.4 Å². The van der Waals surface area contributed by atoms with E-state index in [4.69, 9.17) is 5.11 Å². The highest BCUT2D eigenvalue weighted by atomic mass is 32.2. The summed E-state index contributed by atoms with van der Waals surface area (Å²) >= 11 is 0. The Kier molecular flexibility index (Phi) is 5.93. The monoisotopic (exact) mass is 326 g/mol. The summed E-state index contributed by atoms with van der Waals surface area (Å²) < 4.78 is 26.3. The van der Waals surface area contributed by atoms with Crippen molar-refractivity contribution in [1.29, 1.82) is 0 Å². The second-order valence-electron chi connectivity index (χ2n) is 5.43. The number of carbonyl (C=O) groups is 1. The standard InChI is InChI=1S/C15H22N2O4S/c18-11-8-16-15(19)14-6-9-17(10-7-14)22(20,21)12-13-4-2-1-3-5-13/h1-5,14,18H,6-12H2,(H,16,19). The van der Waals surface area contributed by atoms with Crippen LogP contribution in [0.25, 0.3) is 0 Å². The van der Waals surface area contributed by atoms with E-state index in [0.717, 1.165) is 5.56 Å². The van der Waals surface area contributed by atoms with Crippen LogP contribution in [0.5, 0.6) is 0 Å². The molecule has 1 aromatic rings. The second kappa shape index (κ2) is 7.71. The molecule has 1 aromatic carbocycles. The molecule has 1 amide bonds. The Labute approximate surface area is 131 Å². The SMILES string of the molecule is O=C(NCCO)C1CCN(S(=O)(=O)Cc2ccccc2)CC1. The molecule has 1 aliphatic heterocycles. The number of sulfonamides is 1. The van der Waals surface area contributed by atoms with Crippen LogP contribution >= 0.6 is 0 Å². The Morgan fingerprint density at radius 2 is 1.86 bits per heavy atom. The van der Waals surface area contributed by atoms with Crippen LogP contribution in [0.1, 0.15) is 18.4 Å². The molecule has 0 unspecified atom stereocenters. The van der Waals surface area contributed by atoms with Crippen LogP contribution in [-0.2, 0) is 20.6 Å². The Bertz CT molecular complexity index is 581. The largest absolute Gasteiger partial charge is 0.395 e. The number of carbonyl (C=O) groups excluding carboxylic acids is 1. The zero-order valence-corrected chi connectivity index (χ0v) is 13.3. The van der Waals surface area contributed by atoms with Crippen molar-refractivity contribution in [2.24, 2.45) is 5.92 Å². The van der Waals surface area contributed by atoms with Gasteiger partial charge >= 0.3 is 0 Å². The minimum atomic E-state index is -3.34. The number of aliphatic hydroxyl groups is 1. The van der Waals surface area contributed by atoms with E-state index in [9.17, 15) is 13.2 Å². The maximum atomic E-state index is 12.4. The van der Waals surface area contributed by atoms with Crippen LogP contribution < -0.4 is 5.32 Å². The minimum Gasteiger partial charge on any atom is -0.395 e. The zero-order valence-electron chi connectivity index (χ0n) is 12.4. The molecule has 22 heavy (non-hydrogen) atoms. The van der Waals surface area contributed by atoms with Crippen LogP contribution in [0.3, 0.4) is 0 Å². The number of hydrogen-bond acceptors (Lipinski definition) is 4. The Balaban J connectivity index is 1.89. The van der Waals surface area contributed by atoms with E-state index in [0.29, 0.717) is 25.9 Å². The highest BCUT2D eigenvalue weighted by Crippen LogP contribution is 2.21. The Hall–Kier alpha value is -1.44. The molecule has 2 N–H and O–H groups in total. The first-order valence-electron chi connectivity index (χ1n) is 7.43. The predicted octanol–water partition coefficient (Wildman–Crippen LogP) is 0.337. The van der Waals surface area contributed by atoms with Gasteiger partial charge in [-0.3, -0.25) is 4.79 Å². The fourth-order valence-corrected chi connectivity index (χ4v) is 4.16. The summed E-state index contributed by atoms with van der Waals surface area (Å²) in [5, 5.41) is 11.3. The third-order valence-corrected chi connectivity index (χ3v) is 5.67. The van der Waals surface area contributed by atoms with Gasteiger partial charge in [0.2, 0.25) is 15.9 Å². The van der Waals surface area contributed by atoms with E-state index in [1.54, 1.807) is 12.1 Å². The summed E-state index contributed by atoms with van der Waals surface area (Å²) in [6.45, 7) is 0.889. The molecule has 122 valence electrons. The van der Waals surface area contributed by atoms with Gasteiger partial charge in [0.1, 0.15) is 0 Å². The summed E-state index contributed by atoms with van der Waals surface area (Å²) in [7, 11) is -3.34. The van der Waals surface area contributed by atoms with Crippen molar-refractivity contribution in [3.05, 3.63) is 35.9 Å². The number of nitrogens with zero attached hydrogens (tertiary/aromatic N) is 1. The number of nitrogens with one attached hydrogen (secondary N) is 1. The van der Waals surface area contributed by atoms with Gasteiger partial charge in [-0.25, -0.2) is 12.7 Å². The minimum absolute atomic E-state index is 0.00475. The molecule has 1 fully saturated rings. The van der Waals surface area contributed by atoms with Crippen molar-refractivity contribution in [3.63, 3.8) is 0 Å². The van der Waals surface area contributed by atoms with Crippen LogP contribution in [0.15, 0.2) is 30.3 Å². The molecule has 0 bridgehead atoms. The van der Waals surface area contributed by atoms with Crippen molar-refractivity contribution in [2.45, 2.75) is 18.6 Å². The van der Waals surface area contributed by atoms with Crippen molar-refractivity contribution in [1.82, 2.24) is 9.62 Å². The van der Waals surface area contributed by atoms with E-state index in [-0.39, 0.29) is 30.7 Å². The van der Waals surface area contributed by atoms with E-state index in [2.05, 4.69) is 5.32 Å². The number of piperidine rings is 1. The molecule has 1 heterocycles. The molecule has 7 heteroatoms. The molecule has 0 aromatic heterocycles. The first-order valence-corrected chi connectivity index (χ1v) is 9.04. The number of benzene rings is 1. The van der Waals surface area contributed by atoms with Gasteiger partial charge in [0.15, 0.2) is 0 Å². The average molecular weight is 326 g/mol. The molecular weight excluding hydrogens is 304 g/mol. The lowest BCUT2D eigenvalue weighted by Gasteiger charge is -2.30. The maximum absolute atomic E-state index is 12.4. The van der Waals surface area contributed by atoms with E-state index in [1.807, 2.05) is 18.2 Å². The molecule has 0 aliphatic carbocycles. The van der Waals surface area contributed by atoms with E-state index < -0.39 is 10.0 Å². The molecule has 1 aliphatic rings. The van der Waals surface area contributed by atoms with Crippen molar-refractivity contribution < 1.29 is 18.3 Å². The van der Waals surface area contributed by atoms with Crippen molar-refractivity contribution in [2.75, 3.05) is 26.2 Å². The maximum Gasteiger partial charge on any atom is 0.223 e. The van der Waals surface area contributed by atoms with Crippen molar-refractivity contribution in [3.8, 4) is 0 Å². The average Bonchev–Trinajstić information content (AvgIpc) is 2.53. The molecule has 0 spiro atoms. The molecular formula is C15H22N2O4S. The topological polar surface area (TPSA) is 86.7 Å². The summed E-state index contributed by atoms with van der Waals surface area (Å²) in [4.78, 5) is 11.8. The number of hydrogen-bond donors (Lipinski definition) is 2. The van der Waals surface area contributed by atoms with Gasteiger partial charge in [-0.05, 0) is 18.4 Å². The summed E-state index contributed by atoms with van der Waals surface area (Å²) in [6, 6.07) is 9.09. The molecule has 0 saturated carbocycles. The third kappa shape index (κ3) is 4.53. The fourth-order valence-electron chi connectivity index (χ4n) is 2.60. The quantitative estimate of drug-likeness (QED) is 0.789. The van der Waals surface area contributed by atoms with Gasteiger partial charge in [-0.15, -0.1) is 0 Å².